The lowest BCUT2D eigenvalue weighted by Gasteiger charge is -2.14. The van der Waals surface area contributed by atoms with Crippen LogP contribution in [0.4, 0.5) is 0 Å². The van der Waals surface area contributed by atoms with Gasteiger partial charge in [0.25, 0.3) is 0 Å². The summed E-state index contributed by atoms with van der Waals surface area (Å²) in [4.78, 5) is 22.8. The summed E-state index contributed by atoms with van der Waals surface area (Å²) in [5.41, 5.74) is 0.496. The highest BCUT2D eigenvalue weighted by Gasteiger charge is 2.30. The zero-order valence-corrected chi connectivity index (χ0v) is 10.5. The number of rotatable bonds is 6. The number of carbonyl (C=O) groups excluding carboxylic acids is 1. The maximum Gasteiger partial charge on any atom is 0.326 e. The molecule has 3 N–H and O–H groups in total. The van der Waals surface area contributed by atoms with Crippen molar-refractivity contribution in [3.05, 3.63) is 29.8 Å². The van der Waals surface area contributed by atoms with Gasteiger partial charge < -0.3 is 15.5 Å². The Hall–Kier alpha value is -2.04. The lowest BCUT2D eigenvalue weighted by Crippen LogP contribution is -2.41. The first-order valence-corrected chi connectivity index (χ1v) is 6.35. The Morgan fingerprint density at radius 3 is 2.58 bits per heavy atom. The molecule has 0 heterocycles. The van der Waals surface area contributed by atoms with E-state index in [2.05, 4.69) is 5.32 Å². The highest BCUT2D eigenvalue weighted by molar-refractivity contribution is 5.85. The number of carboxylic acids is 1. The summed E-state index contributed by atoms with van der Waals surface area (Å²) < 4.78 is 0. The van der Waals surface area contributed by atoms with E-state index in [1.807, 2.05) is 0 Å². The minimum atomic E-state index is -1.00. The molecule has 1 fully saturated rings. The molecule has 102 valence electrons. The fourth-order valence-corrected chi connectivity index (χ4v) is 1.99. The predicted octanol–water partition coefficient (Wildman–Crippen LogP) is 1.30. The molecule has 1 saturated carbocycles. The van der Waals surface area contributed by atoms with Gasteiger partial charge >= 0.3 is 5.97 Å². The van der Waals surface area contributed by atoms with Crippen molar-refractivity contribution in [2.75, 3.05) is 0 Å². The number of benzene rings is 1. The molecule has 1 amide bonds. The number of carboxylic acid groups (broad SMARTS) is 1. The summed E-state index contributed by atoms with van der Waals surface area (Å²) in [5, 5.41) is 21.1. The average molecular weight is 263 g/mol. The zero-order valence-electron chi connectivity index (χ0n) is 10.5. The van der Waals surface area contributed by atoms with E-state index in [9.17, 15) is 14.7 Å². The Bertz CT molecular complexity index is 482. The zero-order chi connectivity index (χ0) is 13.8. The maximum absolute atomic E-state index is 11.8. The van der Waals surface area contributed by atoms with E-state index in [-0.39, 0.29) is 18.1 Å². The van der Waals surface area contributed by atoms with Gasteiger partial charge in [-0.05, 0) is 18.4 Å². The number of aliphatic carboxylic acids is 1. The van der Waals surface area contributed by atoms with Crippen molar-refractivity contribution in [2.45, 2.75) is 31.7 Å². The summed E-state index contributed by atoms with van der Waals surface area (Å²) in [7, 11) is 0. The van der Waals surface area contributed by atoms with Gasteiger partial charge in [0.2, 0.25) is 5.91 Å². The van der Waals surface area contributed by atoms with Crippen molar-refractivity contribution >= 4 is 11.9 Å². The van der Waals surface area contributed by atoms with Crippen LogP contribution in [0.5, 0.6) is 5.75 Å². The van der Waals surface area contributed by atoms with Gasteiger partial charge in [-0.15, -0.1) is 0 Å². The molecule has 2 rings (SSSR count). The first-order chi connectivity index (χ1) is 9.06. The molecule has 1 unspecified atom stereocenters. The monoisotopic (exact) mass is 263 g/mol. The fourth-order valence-electron chi connectivity index (χ4n) is 1.99. The van der Waals surface area contributed by atoms with Crippen LogP contribution in [0.2, 0.25) is 0 Å². The summed E-state index contributed by atoms with van der Waals surface area (Å²) in [6.45, 7) is 0. The van der Waals surface area contributed by atoms with Crippen LogP contribution >= 0.6 is 0 Å². The third-order valence-corrected chi connectivity index (χ3v) is 3.24. The van der Waals surface area contributed by atoms with Crippen LogP contribution in [0.1, 0.15) is 24.8 Å². The summed E-state index contributed by atoms with van der Waals surface area (Å²) in [5.74, 6) is -0.912. The maximum atomic E-state index is 11.8. The van der Waals surface area contributed by atoms with Gasteiger partial charge in [0.15, 0.2) is 0 Å². The highest BCUT2D eigenvalue weighted by atomic mass is 16.4. The number of hydrogen-bond donors (Lipinski definition) is 3. The van der Waals surface area contributed by atoms with Crippen LogP contribution in [0.15, 0.2) is 24.3 Å². The number of amides is 1. The van der Waals surface area contributed by atoms with E-state index in [4.69, 9.17) is 5.11 Å². The second kappa shape index (κ2) is 5.73. The minimum Gasteiger partial charge on any atom is -0.508 e. The van der Waals surface area contributed by atoms with E-state index >= 15 is 0 Å². The first kappa shape index (κ1) is 13.4. The van der Waals surface area contributed by atoms with Gasteiger partial charge in [-0.1, -0.05) is 31.0 Å². The topological polar surface area (TPSA) is 86.6 Å². The van der Waals surface area contributed by atoms with Crippen LogP contribution in [0.3, 0.4) is 0 Å². The molecule has 1 atom stereocenters. The van der Waals surface area contributed by atoms with E-state index in [0.717, 1.165) is 12.8 Å². The molecular weight excluding hydrogens is 246 g/mol. The van der Waals surface area contributed by atoms with Crippen molar-refractivity contribution in [3.63, 3.8) is 0 Å². The fraction of sp³-hybridized carbons (Fsp3) is 0.429. The highest BCUT2D eigenvalue weighted by Crippen LogP contribution is 2.33. The van der Waals surface area contributed by atoms with Gasteiger partial charge in [-0.3, -0.25) is 4.79 Å². The molecule has 0 bridgehead atoms. The summed E-state index contributed by atoms with van der Waals surface area (Å²) in [6, 6.07) is 5.71. The number of hydrogen-bond acceptors (Lipinski definition) is 3. The van der Waals surface area contributed by atoms with Crippen molar-refractivity contribution in [2.24, 2.45) is 5.92 Å². The molecule has 1 aromatic rings. The number of aromatic hydroxyl groups is 1. The largest absolute Gasteiger partial charge is 0.508 e. The Balaban J connectivity index is 1.91. The average Bonchev–Trinajstić information content (AvgIpc) is 3.15. The quantitative estimate of drug-likeness (QED) is 0.722. The normalized spacial score (nSPS) is 15.8. The molecule has 0 radical (unpaired) electrons. The lowest BCUT2D eigenvalue weighted by atomic mass is 10.1. The molecule has 1 aliphatic rings. The van der Waals surface area contributed by atoms with Crippen LogP contribution in [0.25, 0.3) is 0 Å². The van der Waals surface area contributed by atoms with Crippen molar-refractivity contribution < 1.29 is 19.8 Å². The molecule has 0 aliphatic heterocycles. The Morgan fingerprint density at radius 2 is 2.00 bits per heavy atom. The van der Waals surface area contributed by atoms with Gasteiger partial charge in [-0.2, -0.15) is 0 Å². The van der Waals surface area contributed by atoms with Crippen molar-refractivity contribution in [3.8, 4) is 5.75 Å². The van der Waals surface area contributed by atoms with Gasteiger partial charge in [0, 0.05) is 5.56 Å². The van der Waals surface area contributed by atoms with Crippen LogP contribution < -0.4 is 5.32 Å². The molecule has 5 heteroatoms. The molecule has 5 nitrogen and oxygen atoms in total. The van der Waals surface area contributed by atoms with E-state index in [1.165, 1.54) is 6.07 Å². The standard InChI is InChI=1S/C14H17NO4/c16-12-4-2-1-3-10(12)8-13(17)15-11(14(18)19)7-9-5-6-9/h1-4,9,11,16H,5-8H2,(H,15,17)(H,18,19). The SMILES string of the molecule is O=C(Cc1ccccc1O)NC(CC1CC1)C(=O)O. The summed E-state index contributed by atoms with van der Waals surface area (Å²) in [6.07, 6.45) is 2.56. The Labute approximate surface area is 111 Å². The molecule has 19 heavy (non-hydrogen) atoms. The van der Waals surface area contributed by atoms with Crippen LogP contribution in [-0.2, 0) is 16.0 Å². The van der Waals surface area contributed by atoms with Crippen molar-refractivity contribution in [1.82, 2.24) is 5.32 Å². The molecule has 0 saturated heterocycles. The molecule has 0 aromatic heterocycles. The minimum absolute atomic E-state index is 0.0128. The van der Waals surface area contributed by atoms with Crippen molar-refractivity contribution in [1.29, 1.82) is 0 Å². The lowest BCUT2D eigenvalue weighted by molar-refractivity contribution is -0.142. The van der Waals surface area contributed by atoms with Gasteiger partial charge in [0.05, 0.1) is 6.42 Å². The van der Waals surface area contributed by atoms with E-state index in [0.29, 0.717) is 17.9 Å². The predicted molar refractivity (Wildman–Crippen MR) is 68.7 cm³/mol. The second-order valence-electron chi connectivity index (χ2n) is 4.94. The molecule has 0 spiro atoms. The van der Waals surface area contributed by atoms with Crippen LogP contribution in [0, 0.1) is 5.92 Å². The first-order valence-electron chi connectivity index (χ1n) is 6.35. The van der Waals surface area contributed by atoms with Gasteiger partial charge in [-0.25, -0.2) is 4.79 Å². The van der Waals surface area contributed by atoms with Crippen LogP contribution in [-0.4, -0.2) is 28.1 Å². The smallest absolute Gasteiger partial charge is 0.326 e. The number of para-hydroxylation sites is 1. The van der Waals surface area contributed by atoms with E-state index < -0.39 is 12.0 Å². The molecular formula is C14H17NO4. The molecule has 1 aliphatic carbocycles. The third kappa shape index (κ3) is 3.98. The number of phenols is 1. The summed E-state index contributed by atoms with van der Waals surface area (Å²) >= 11 is 0. The second-order valence-corrected chi connectivity index (χ2v) is 4.94. The molecule has 1 aromatic carbocycles. The third-order valence-electron chi connectivity index (χ3n) is 3.24. The number of phenolic OH excluding ortho intramolecular Hbond substituents is 1. The Morgan fingerprint density at radius 1 is 1.32 bits per heavy atom. The number of carbonyl (C=O) groups is 2. The number of nitrogens with one attached hydrogen (secondary N) is 1. The Kier molecular flexibility index (Phi) is 4.04. The van der Waals surface area contributed by atoms with Gasteiger partial charge in [0.1, 0.15) is 11.8 Å². The van der Waals surface area contributed by atoms with E-state index in [1.54, 1.807) is 18.2 Å².